The summed E-state index contributed by atoms with van der Waals surface area (Å²) in [4.78, 5) is 0. The third-order valence-corrected chi connectivity index (χ3v) is 2.44. The monoisotopic (exact) mass is 214 g/mol. The van der Waals surface area contributed by atoms with Gasteiger partial charge in [0.15, 0.2) is 0 Å². The van der Waals surface area contributed by atoms with Crippen molar-refractivity contribution in [3.8, 4) is 0 Å². The molecule has 12 heavy (non-hydrogen) atoms. The van der Waals surface area contributed by atoms with Crippen LogP contribution in [-0.4, -0.2) is 33.8 Å². The van der Waals surface area contributed by atoms with Crippen molar-refractivity contribution < 1.29 is 8.42 Å². The fourth-order valence-corrected chi connectivity index (χ4v) is 2.06. The van der Waals surface area contributed by atoms with E-state index in [0.29, 0.717) is 0 Å². The fraction of sp³-hybridized carbons (Fsp3) is 1.00. The Morgan fingerprint density at radius 2 is 2.17 bits per heavy atom. The highest BCUT2D eigenvalue weighted by Gasteiger charge is 2.15. The van der Waals surface area contributed by atoms with Gasteiger partial charge < -0.3 is 5.32 Å². The van der Waals surface area contributed by atoms with Crippen molar-refractivity contribution in [1.29, 1.82) is 0 Å². The second kappa shape index (κ2) is 5.01. The number of halogens is 1. The SMILES string of the molecule is CS(=O)(=O)NC1CCCNC1.Cl. The van der Waals surface area contributed by atoms with Crippen LogP contribution in [0.25, 0.3) is 0 Å². The fourth-order valence-electron chi connectivity index (χ4n) is 1.26. The lowest BCUT2D eigenvalue weighted by Crippen LogP contribution is -2.45. The molecule has 0 bridgehead atoms. The predicted molar refractivity (Wildman–Crippen MR) is 51.1 cm³/mol. The molecule has 1 aliphatic rings. The molecule has 1 saturated heterocycles. The normalized spacial score (nSPS) is 24.6. The van der Waals surface area contributed by atoms with Crippen LogP contribution in [0.1, 0.15) is 12.8 Å². The minimum absolute atomic E-state index is 0. The van der Waals surface area contributed by atoms with Crippen LogP contribution >= 0.6 is 12.4 Å². The van der Waals surface area contributed by atoms with Crippen LogP contribution in [0, 0.1) is 0 Å². The molecule has 1 atom stereocenters. The summed E-state index contributed by atoms with van der Waals surface area (Å²) in [5, 5.41) is 3.13. The van der Waals surface area contributed by atoms with E-state index in [4.69, 9.17) is 0 Å². The first kappa shape index (κ1) is 12.2. The predicted octanol–water partition coefficient (Wildman–Crippen LogP) is -0.291. The summed E-state index contributed by atoms with van der Waals surface area (Å²) in [6.07, 6.45) is 3.19. The summed E-state index contributed by atoms with van der Waals surface area (Å²) in [7, 11) is -3.01. The highest BCUT2D eigenvalue weighted by Crippen LogP contribution is 2.01. The van der Waals surface area contributed by atoms with Crippen LogP contribution in [0.2, 0.25) is 0 Å². The Hall–Kier alpha value is 0.160. The van der Waals surface area contributed by atoms with Crippen molar-refractivity contribution in [3.05, 3.63) is 0 Å². The van der Waals surface area contributed by atoms with Gasteiger partial charge >= 0.3 is 0 Å². The third-order valence-electron chi connectivity index (χ3n) is 1.68. The summed E-state index contributed by atoms with van der Waals surface area (Å²) < 4.78 is 24.1. The van der Waals surface area contributed by atoms with Gasteiger partial charge in [-0.25, -0.2) is 13.1 Å². The topological polar surface area (TPSA) is 58.2 Å². The molecule has 0 aromatic carbocycles. The maximum atomic E-state index is 10.8. The van der Waals surface area contributed by atoms with Gasteiger partial charge in [-0.1, -0.05) is 0 Å². The second-order valence-corrected chi connectivity index (χ2v) is 4.71. The quantitative estimate of drug-likeness (QED) is 0.664. The molecule has 0 amide bonds. The summed E-state index contributed by atoms with van der Waals surface area (Å²) in [5.41, 5.74) is 0. The van der Waals surface area contributed by atoms with E-state index < -0.39 is 10.0 Å². The average molecular weight is 215 g/mol. The van der Waals surface area contributed by atoms with Crippen LogP contribution < -0.4 is 10.0 Å². The van der Waals surface area contributed by atoms with Gasteiger partial charge in [0, 0.05) is 12.6 Å². The van der Waals surface area contributed by atoms with Crippen molar-refractivity contribution in [1.82, 2.24) is 10.0 Å². The average Bonchev–Trinajstić information content (AvgIpc) is 1.85. The van der Waals surface area contributed by atoms with Gasteiger partial charge in [0.25, 0.3) is 0 Å². The van der Waals surface area contributed by atoms with Crippen molar-refractivity contribution in [2.24, 2.45) is 0 Å². The highest BCUT2D eigenvalue weighted by atomic mass is 35.5. The standard InChI is InChI=1S/C6H14N2O2S.ClH/c1-11(9,10)8-6-3-2-4-7-5-6;/h6-8H,2-5H2,1H3;1H. The molecule has 0 spiro atoms. The van der Waals surface area contributed by atoms with Gasteiger partial charge in [-0.3, -0.25) is 0 Å². The number of rotatable bonds is 2. The van der Waals surface area contributed by atoms with E-state index in [9.17, 15) is 8.42 Å². The number of hydrogen-bond acceptors (Lipinski definition) is 3. The molecular weight excluding hydrogens is 200 g/mol. The molecule has 2 N–H and O–H groups in total. The van der Waals surface area contributed by atoms with Crippen molar-refractivity contribution in [3.63, 3.8) is 0 Å². The molecule has 6 heteroatoms. The first-order valence-electron chi connectivity index (χ1n) is 3.76. The van der Waals surface area contributed by atoms with E-state index in [-0.39, 0.29) is 18.4 Å². The zero-order valence-corrected chi connectivity index (χ0v) is 8.67. The molecule has 0 aliphatic carbocycles. The molecule has 1 fully saturated rings. The Morgan fingerprint density at radius 3 is 2.58 bits per heavy atom. The van der Waals surface area contributed by atoms with Crippen LogP contribution in [0.5, 0.6) is 0 Å². The van der Waals surface area contributed by atoms with Crippen molar-refractivity contribution >= 4 is 22.4 Å². The Labute approximate surface area is 79.6 Å². The Bertz CT molecular complexity index is 212. The lowest BCUT2D eigenvalue weighted by molar-refractivity contribution is 0.430. The van der Waals surface area contributed by atoms with Gasteiger partial charge in [-0.15, -0.1) is 12.4 Å². The van der Waals surface area contributed by atoms with E-state index in [0.717, 1.165) is 25.9 Å². The first-order chi connectivity index (χ1) is 5.08. The number of nitrogens with one attached hydrogen (secondary N) is 2. The Morgan fingerprint density at radius 1 is 1.50 bits per heavy atom. The minimum Gasteiger partial charge on any atom is -0.315 e. The molecule has 1 heterocycles. The van der Waals surface area contributed by atoms with Gasteiger partial charge in [0.1, 0.15) is 0 Å². The first-order valence-corrected chi connectivity index (χ1v) is 5.65. The lowest BCUT2D eigenvalue weighted by Gasteiger charge is -2.22. The Kier molecular flexibility index (Phi) is 5.08. The number of piperidine rings is 1. The van der Waals surface area contributed by atoms with Crippen LogP contribution in [-0.2, 0) is 10.0 Å². The molecule has 0 radical (unpaired) electrons. The van der Waals surface area contributed by atoms with E-state index in [2.05, 4.69) is 10.0 Å². The molecular formula is C6H15ClN2O2S. The maximum absolute atomic E-state index is 10.8. The molecule has 1 rings (SSSR count). The van der Waals surface area contributed by atoms with Crippen LogP contribution in [0.3, 0.4) is 0 Å². The number of hydrogen-bond donors (Lipinski definition) is 2. The van der Waals surface area contributed by atoms with E-state index in [1.54, 1.807) is 0 Å². The zero-order valence-electron chi connectivity index (χ0n) is 7.04. The summed E-state index contributed by atoms with van der Waals surface area (Å²) in [5.74, 6) is 0. The third kappa shape index (κ3) is 4.92. The Balaban J connectivity index is 0.00000121. The molecule has 1 aliphatic heterocycles. The van der Waals surface area contributed by atoms with Gasteiger partial charge in [-0.05, 0) is 19.4 Å². The second-order valence-electron chi connectivity index (χ2n) is 2.93. The molecule has 0 aromatic heterocycles. The molecule has 0 aromatic rings. The lowest BCUT2D eigenvalue weighted by atomic mass is 10.1. The highest BCUT2D eigenvalue weighted by molar-refractivity contribution is 7.88. The minimum atomic E-state index is -3.01. The molecule has 1 unspecified atom stereocenters. The zero-order chi connectivity index (χ0) is 8.32. The summed E-state index contributed by atoms with van der Waals surface area (Å²) in [6.45, 7) is 1.76. The largest absolute Gasteiger partial charge is 0.315 e. The van der Waals surface area contributed by atoms with Crippen LogP contribution in [0.15, 0.2) is 0 Å². The maximum Gasteiger partial charge on any atom is 0.208 e. The van der Waals surface area contributed by atoms with Crippen LogP contribution in [0.4, 0.5) is 0 Å². The molecule has 4 nitrogen and oxygen atoms in total. The van der Waals surface area contributed by atoms with Gasteiger partial charge in [-0.2, -0.15) is 0 Å². The van der Waals surface area contributed by atoms with E-state index in [1.807, 2.05) is 0 Å². The summed E-state index contributed by atoms with van der Waals surface area (Å²) in [6, 6.07) is 0.0961. The van der Waals surface area contributed by atoms with Gasteiger partial charge in [0.05, 0.1) is 6.26 Å². The van der Waals surface area contributed by atoms with Crippen molar-refractivity contribution in [2.45, 2.75) is 18.9 Å². The van der Waals surface area contributed by atoms with Gasteiger partial charge in [0.2, 0.25) is 10.0 Å². The number of sulfonamides is 1. The molecule has 74 valence electrons. The van der Waals surface area contributed by atoms with E-state index >= 15 is 0 Å². The smallest absolute Gasteiger partial charge is 0.208 e. The van der Waals surface area contributed by atoms with Crippen molar-refractivity contribution in [2.75, 3.05) is 19.3 Å². The van der Waals surface area contributed by atoms with E-state index in [1.165, 1.54) is 6.26 Å². The molecule has 0 saturated carbocycles. The summed E-state index contributed by atoms with van der Waals surface area (Å²) >= 11 is 0.